The van der Waals surface area contributed by atoms with Crippen LogP contribution >= 0.6 is 0 Å². The summed E-state index contributed by atoms with van der Waals surface area (Å²) in [5.41, 5.74) is 7.60. The van der Waals surface area contributed by atoms with Crippen molar-refractivity contribution in [2.75, 3.05) is 0 Å². The fourth-order valence-corrected chi connectivity index (χ4v) is 3.71. The molecule has 0 bridgehead atoms. The van der Waals surface area contributed by atoms with E-state index in [4.69, 9.17) is 4.74 Å². The molecule has 3 aromatic carbocycles. The van der Waals surface area contributed by atoms with Gasteiger partial charge in [0.2, 0.25) is 0 Å². The molecule has 1 aliphatic rings. The highest BCUT2D eigenvalue weighted by Crippen LogP contribution is 2.46. The molecule has 0 amide bonds. The molecule has 0 spiro atoms. The fraction of sp³-hybridized carbons (Fsp3) is 0.231. The van der Waals surface area contributed by atoms with Gasteiger partial charge < -0.3 is 4.74 Å². The monoisotopic (exact) mass is 354 g/mol. The molecular weight excluding hydrogens is 328 g/mol. The van der Waals surface area contributed by atoms with Gasteiger partial charge in [-0.3, -0.25) is 0 Å². The number of allylic oxidation sites excluding steroid dienone is 1. The molecule has 0 saturated heterocycles. The van der Waals surface area contributed by atoms with Crippen LogP contribution in [0.15, 0.2) is 78.9 Å². The summed E-state index contributed by atoms with van der Waals surface area (Å²) in [4.78, 5) is 0. The van der Waals surface area contributed by atoms with E-state index >= 15 is 0 Å². The minimum absolute atomic E-state index is 0.0370. The van der Waals surface area contributed by atoms with E-state index in [9.17, 15) is 0 Å². The molecule has 0 N–H and O–H groups in total. The Labute approximate surface area is 162 Å². The molecular formula is C26H26O. The Hall–Kier alpha value is -2.80. The van der Waals surface area contributed by atoms with Crippen molar-refractivity contribution in [2.24, 2.45) is 0 Å². The highest BCUT2D eigenvalue weighted by atomic mass is 16.5. The quantitative estimate of drug-likeness (QED) is 0.473. The number of ether oxygens (including phenoxy) is 1. The van der Waals surface area contributed by atoms with Gasteiger partial charge in [0.1, 0.15) is 11.9 Å². The number of benzene rings is 3. The van der Waals surface area contributed by atoms with Crippen molar-refractivity contribution in [1.82, 2.24) is 0 Å². The van der Waals surface area contributed by atoms with Gasteiger partial charge in [0.15, 0.2) is 0 Å². The number of fused-ring (bicyclic) bond motifs is 1. The molecule has 0 aromatic heterocycles. The zero-order valence-electron chi connectivity index (χ0n) is 16.5. The van der Waals surface area contributed by atoms with E-state index in [1.54, 1.807) is 0 Å². The Morgan fingerprint density at radius 3 is 2.15 bits per heavy atom. The van der Waals surface area contributed by atoms with E-state index < -0.39 is 0 Å². The molecule has 0 radical (unpaired) electrons. The zero-order chi connectivity index (χ0) is 19.0. The highest BCUT2D eigenvalue weighted by Gasteiger charge is 2.30. The molecule has 0 saturated carbocycles. The summed E-state index contributed by atoms with van der Waals surface area (Å²) in [6.07, 6.45) is 2.15. The molecule has 1 atom stereocenters. The maximum atomic E-state index is 6.34. The van der Waals surface area contributed by atoms with Gasteiger partial charge in [-0.1, -0.05) is 87.5 Å². The predicted molar refractivity (Wildman–Crippen MR) is 114 cm³/mol. The maximum Gasteiger partial charge on any atom is 0.149 e. The van der Waals surface area contributed by atoms with Gasteiger partial charge >= 0.3 is 0 Å². The van der Waals surface area contributed by atoms with Crippen molar-refractivity contribution in [3.8, 4) is 16.9 Å². The van der Waals surface area contributed by atoms with E-state index in [1.807, 2.05) is 0 Å². The Balaban J connectivity index is 1.69. The topological polar surface area (TPSA) is 9.23 Å². The summed E-state index contributed by atoms with van der Waals surface area (Å²) < 4.78 is 6.34. The van der Waals surface area contributed by atoms with Crippen LogP contribution in [0.2, 0.25) is 0 Å². The Bertz CT molecular complexity index is 973. The normalized spacial score (nSPS) is 17.6. The van der Waals surface area contributed by atoms with Gasteiger partial charge in [0, 0.05) is 11.1 Å². The molecule has 1 nitrogen and oxygen atoms in total. The first-order chi connectivity index (χ1) is 13.0. The maximum absolute atomic E-state index is 6.34. The van der Waals surface area contributed by atoms with Crippen molar-refractivity contribution in [1.29, 1.82) is 0 Å². The first-order valence-electron chi connectivity index (χ1n) is 9.60. The Kier molecular flexibility index (Phi) is 4.39. The van der Waals surface area contributed by atoms with E-state index in [2.05, 4.69) is 107 Å². The lowest BCUT2D eigenvalue weighted by Gasteiger charge is -2.20. The van der Waals surface area contributed by atoms with Crippen molar-refractivity contribution < 1.29 is 4.74 Å². The average Bonchev–Trinajstić information content (AvgIpc) is 3.06. The summed E-state index contributed by atoms with van der Waals surface area (Å²) in [7, 11) is 0. The second-order valence-corrected chi connectivity index (χ2v) is 8.19. The van der Waals surface area contributed by atoms with E-state index in [0.717, 1.165) is 5.75 Å². The largest absolute Gasteiger partial charge is 0.480 e. The lowest BCUT2D eigenvalue weighted by molar-refractivity contribution is 0.283. The van der Waals surface area contributed by atoms with Gasteiger partial charge in [-0.2, -0.15) is 0 Å². The second-order valence-electron chi connectivity index (χ2n) is 8.19. The van der Waals surface area contributed by atoms with Crippen LogP contribution in [0.1, 0.15) is 50.5 Å². The van der Waals surface area contributed by atoms with Gasteiger partial charge in [0.25, 0.3) is 0 Å². The summed E-state index contributed by atoms with van der Waals surface area (Å²) in [5.74, 6) is 0.965. The number of hydrogen-bond donors (Lipinski definition) is 0. The van der Waals surface area contributed by atoms with Crippen LogP contribution in [0.5, 0.6) is 5.75 Å². The Morgan fingerprint density at radius 1 is 0.815 bits per heavy atom. The summed E-state index contributed by atoms with van der Waals surface area (Å²) in [5, 5.41) is 0. The van der Waals surface area contributed by atoms with Crippen LogP contribution in [-0.2, 0) is 5.41 Å². The smallest absolute Gasteiger partial charge is 0.149 e. The molecule has 4 rings (SSSR count). The van der Waals surface area contributed by atoms with Gasteiger partial charge in [-0.15, -0.1) is 0 Å². The molecule has 3 aromatic rings. The molecule has 1 unspecified atom stereocenters. The lowest BCUT2D eigenvalue weighted by Crippen LogP contribution is -2.11. The molecule has 0 aliphatic carbocycles. The van der Waals surface area contributed by atoms with Crippen molar-refractivity contribution in [3.05, 3.63) is 95.6 Å². The molecule has 136 valence electrons. The predicted octanol–water partition coefficient (Wildman–Crippen LogP) is 7.19. The van der Waals surface area contributed by atoms with Crippen LogP contribution in [0, 0.1) is 0 Å². The molecule has 1 heterocycles. The van der Waals surface area contributed by atoms with Crippen molar-refractivity contribution in [2.45, 2.75) is 39.2 Å². The first kappa shape index (κ1) is 17.6. The van der Waals surface area contributed by atoms with E-state index in [1.165, 1.54) is 33.4 Å². The third-order valence-electron chi connectivity index (χ3n) is 5.32. The van der Waals surface area contributed by atoms with E-state index in [-0.39, 0.29) is 11.5 Å². The third-order valence-corrected chi connectivity index (χ3v) is 5.32. The van der Waals surface area contributed by atoms with Crippen molar-refractivity contribution >= 4 is 5.57 Å². The van der Waals surface area contributed by atoms with E-state index in [0.29, 0.717) is 0 Å². The highest BCUT2D eigenvalue weighted by molar-refractivity contribution is 5.82. The van der Waals surface area contributed by atoms with Crippen LogP contribution < -0.4 is 4.74 Å². The number of hydrogen-bond acceptors (Lipinski definition) is 1. The van der Waals surface area contributed by atoms with Crippen molar-refractivity contribution in [3.63, 3.8) is 0 Å². The Morgan fingerprint density at radius 2 is 1.52 bits per heavy atom. The molecule has 1 aliphatic heterocycles. The summed E-state index contributed by atoms with van der Waals surface area (Å²) in [6, 6.07) is 25.9. The van der Waals surface area contributed by atoms with Gasteiger partial charge in [-0.25, -0.2) is 0 Å². The minimum atomic E-state index is -0.0370. The molecule has 1 heteroatoms. The van der Waals surface area contributed by atoms with Crippen LogP contribution in [0.4, 0.5) is 0 Å². The minimum Gasteiger partial charge on any atom is -0.480 e. The SMILES string of the molecule is C/C=C1\c2cc(-c3ccccc3)ccc2OC1c1ccc(C(C)(C)C)cc1. The zero-order valence-corrected chi connectivity index (χ0v) is 16.5. The first-order valence-corrected chi connectivity index (χ1v) is 9.60. The van der Waals surface area contributed by atoms with Crippen LogP contribution in [0.3, 0.4) is 0 Å². The molecule has 0 fully saturated rings. The fourth-order valence-electron chi connectivity index (χ4n) is 3.71. The number of rotatable bonds is 2. The van der Waals surface area contributed by atoms with Crippen LogP contribution in [-0.4, -0.2) is 0 Å². The second kappa shape index (κ2) is 6.74. The van der Waals surface area contributed by atoms with Crippen LogP contribution in [0.25, 0.3) is 16.7 Å². The molecule has 27 heavy (non-hydrogen) atoms. The summed E-state index contributed by atoms with van der Waals surface area (Å²) in [6.45, 7) is 8.82. The lowest BCUT2D eigenvalue weighted by atomic mass is 9.86. The van der Waals surface area contributed by atoms with Gasteiger partial charge in [0.05, 0.1) is 0 Å². The third kappa shape index (κ3) is 3.30. The average molecular weight is 354 g/mol. The van der Waals surface area contributed by atoms with Gasteiger partial charge in [-0.05, 0) is 46.7 Å². The standard InChI is InChI=1S/C26H26O/c1-5-22-23-17-20(18-9-7-6-8-10-18)13-16-24(23)27-25(22)19-11-14-21(15-12-19)26(2,3)4/h5-17,25H,1-4H3/b22-5+. The summed E-state index contributed by atoms with van der Waals surface area (Å²) >= 11 is 0.